The van der Waals surface area contributed by atoms with Crippen molar-refractivity contribution in [3.05, 3.63) is 28.0 Å². The molecule has 5 heteroatoms. The maximum Gasteiger partial charge on any atom is 0.235 e. The number of rotatable bonds is 5. The fourth-order valence-electron chi connectivity index (χ4n) is 3.03. The van der Waals surface area contributed by atoms with E-state index in [2.05, 4.69) is 20.9 Å². The molecule has 0 radical (unpaired) electrons. The summed E-state index contributed by atoms with van der Waals surface area (Å²) in [4.78, 5) is 14.9. The maximum atomic E-state index is 13.9. The molecule has 0 N–H and O–H groups in total. The summed E-state index contributed by atoms with van der Waals surface area (Å²) in [5, 5.41) is 0. The molecular formula is C16H17BrFNO2. The average molecular weight is 354 g/mol. The van der Waals surface area contributed by atoms with E-state index in [1.54, 1.807) is 6.08 Å². The van der Waals surface area contributed by atoms with Crippen molar-refractivity contribution in [1.29, 1.82) is 0 Å². The number of benzene rings is 1. The first-order valence-electron chi connectivity index (χ1n) is 7.36. The van der Waals surface area contributed by atoms with E-state index in [9.17, 15) is 9.18 Å². The van der Waals surface area contributed by atoms with Gasteiger partial charge >= 0.3 is 0 Å². The van der Waals surface area contributed by atoms with Gasteiger partial charge in [-0.3, -0.25) is 0 Å². The standard InChI is InChI=1S/C16H17BrFNO2/c17-14-8-12(18)7-13(15(14)21-9-11-3-4-11)16(19-10-20)5-1-2-6-16/h7-8,11H,1-6,9H2. The fourth-order valence-corrected chi connectivity index (χ4v) is 3.57. The normalized spacial score (nSPS) is 20.1. The van der Waals surface area contributed by atoms with Crippen LogP contribution in [0.5, 0.6) is 5.75 Å². The van der Waals surface area contributed by atoms with Crippen molar-refractivity contribution in [2.75, 3.05) is 6.61 Å². The second-order valence-corrected chi connectivity index (χ2v) is 6.81. The van der Waals surface area contributed by atoms with E-state index in [0.717, 1.165) is 25.7 Å². The Morgan fingerprint density at radius 3 is 2.71 bits per heavy atom. The van der Waals surface area contributed by atoms with E-state index in [1.165, 1.54) is 25.0 Å². The number of nitrogens with zero attached hydrogens (tertiary/aromatic N) is 1. The Hall–Kier alpha value is -1.19. The Bertz CT molecular complexity index is 588. The molecule has 2 fully saturated rings. The van der Waals surface area contributed by atoms with E-state index < -0.39 is 5.54 Å². The molecule has 21 heavy (non-hydrogen) atoms. The number of halogens is 2. The SMILES string of the molecule is O=C=NC1(c2cc(F)cc(Br)c2OCC2CC2)CCCC1. The van der Waals surface area contributed by atoms with Gasteiger partial charge in [0.15, 0.2) is 0 Å². The van der Waals surface area contributed by atoms with Crippen LogP contribution in [-0.2, 0) is 10.3 Å². The van der Waals surface area contributed by atoms with Gasteiger partial charge in [-0.15, -0.1) is 0 Å². The Morgan fingerprint density at radius 1 is 1.38 bits per heavy atom. The van der Waals surface area contributed by atoms with Crippen LogP contribution in [0.3, 0.4) is 0 Å². The van der Waals surface area contributed by atoms with Crippen molar-refractivity contribution in [2.45, 2.75) is 44.1 Å². The third kappa shape index (κ3) is 3.04. The van der Waals surface area contributed by atoms with Gasteiger partial charge in [-0.05, 0) is 59.7 Å². The zero-order valence-corrected chi connectivity index (χ0v) is 13.3. The third-order valence-electron chi connectivity index (χ3n) is 4.36. The fraction of sp³-hybridized carbons (Fsp3) is 0.562. The van der Waals surface area contributed by atoms with Crippen LogP contribution in [-0.4, -0.2) is 12.7 Å². The van der Waals surface area contributed by atoms with Crippen molar-refractivity contribution < 1.29 is 13.9 Å². The molecule has 0 unspecified atom stereocenters. The van der Waals surface area contributed by atoms with Crippen LogP contribution < -0.4 is 4.74 Å². The van der Waals surface area contributed by atoms with Gasteiger partial charge in [-0.1, -0.05) is 12.8 Å². The predicted molar refractivity (Wildman–Crippen MR) is 80.6 cm³/mol. The van der Waals surface area contributed by atoms with Crippen molar-refractivity contribution in [3.63, 3.8) is 0 Å². The van der Waals surface area contributed by atoms with E-state index in [4.69, 9.17) is 4.74 Å². The zero-order chi connectivity index (χ0) is 14.9. The lowest BCUT2D eigenvalue weighted by Gasteiger charge is -2.26. The Kier molecular flexibility index (Phi) is 4.14. The molecule has 1 aromatic carbocycles. The average Bonchev–Trinajstić information content (AvgIpc) is 3.15. The molecule has 0 amide bonds. The lowest BCUT2D eigenvalue weighted by Crippen LogP contribution is -2.21. The highest BCUT2D eigenvalue weighted by Gasteiger charge is 2.39. The molecule has 0 heterocycles. The smallest absolute Gasteiger partial charge is 0.235 e. The largest absolute Gasteiger partial charge is 0.492 e. The summed E-state index contributed by atoms with van der Waals surface area (Å²) in [6, 6.07) is 2.86. The van der Waals surface area contributed by atoms with Gasteiger partial charge in [0.2, 0.25) is 6.08 Å². The Morgan fingerprint density at radius 2 is 2.10 bits per heavy atom. The minimum Gasteiger partial charge on any atom is -0.492 e. The van der Waals surface area contributed by atoms with Gasteiger partial charge < -0.3 is 4.74 Å². The maximum absolute atomic E-state index is 13.9. The van der Waals surface area contributed by atoms with Gasteiger partial charge in [0, 0.05) is 5.56 Å². The molecule has 3 nitrogen and oxygen atoms in total. The molecule has 0 spiro atoms. The van der Waals surface area contributed by atoms with Crippen LogP contribution >= 0.6 is 15.9 Å². The molecule has 0 aromatic heterocycles. The molecule has 0 atom stereocenters. The number of carbonyl (C=O) groups excluding carboxylic acids is 1. The second kappa shape index (κ2) is 5.90. The lowest BCUT2D eigenvalue weighted by molar-refractivity contribution is 0.285. The van der Waals surface area contributed by atoms with Crippen molar-refractivity contribution >= 4 is 22.0 Å². The summed E-state index contributed by atoms with van der Waals surface area (Å²) in [6.45, 7) is 0.637. The molecule has 2 aliphatic rings. The summed E-state index contributed by atoms with van der Waals surface area (Å²) in [6.07, 6.45) is 7.46. The molecule has 0 bridgehead atoms. The first kappa shape index (κ1) is 14.7. The van der Waals surface area contributed by atoms with E-state index in [-0.39, 0.29) is 5.82 Å². The van der Waals surface area contributed by atoms with Crippen LogP contribution in [0.25, 0.3) is 0 Å². The monoisotopic (exact) mass is 353 g/mol. The zero-order valence-electron chi connectivity index (χ0n) is 11.7. The van der Waals surface area contributed by atoms with Gasteiger partial charge in [0.1, 0.15) is 17.1 Å². The van der Waals surface area contributed by atoms with Crippen LogP contribution in [0.2, 0.25) is 0 Å². The first-order chi connectivity index (χ1) is 10.1. The van der Waals surface area contributed by atoms with Crippen LogP contribution in [0.4, 0.5) is 4.39 Å². The summed E-state index contributed by atoms with van der Waals surface area (Å²) >= 11 is 3.39. The molecule has 2 saturated carbocycles. The topological polar surface area (TPSA) is 38.7 Å². The van der Waals surface area contributed by atoms with E-state index in [0.29, 0.717) is 28.3 Å². The predicted octanol–water partition coefficient (Wildman–Crippen LogP) is 4.48. The number of aliphatic imine (C=N–C) groups is 1. The minimum absolute atomic E-state index is 0.344. The van der Waals surface area contributed by atoms with Gasteiger partial charge in [-0.2, -0.15) is 4.99 Å². The molecule has 1 aromatic rings. The van der Waals surface area contributed by atoms with Crippen molar-refractivity contribution in [3.8, 4) is 5.75 Å². The molecule has 112 valence electrons. The molecular weight excluding hydrogens is 337 g/mol. The van der Waals surface area contributed by atoms with Crippen LogP contribution in [0.15, 0.2) is 21.6 Å². The highest BCUT2D eigenvalue weighted by Crippen LogP contribution is 2.48. The molecule has 0 saturated heterocycles. The summed E-state index contributed by atoms with van der Waals surface area (Å²) in [5.41, 5.74) is 0.00139. The third-order valence-corrected chi connectivity index (χ3v) is 4.95. The van der Waals surface area contributed by atoms with Crippen LogP contribution in [0, 0.1) is 11.7 Å². The highest BCUT2D eigenvalue weighted by atomic mass is 79.9. The second-order valence-electron chi connectivity index (χ2n) is 5.96. The number of isocyanates is 1. The van der Waals surface area contributed by atoms with E-state index in [1.807, 2.05) is 0 Å². The number of hydrogen-bond donors (Lipinski definition) is 0. The summed E-state index contributed by atoms with van der Waals surface area (Å²) in [7, 11) is 0. The Labute approximate surface area is 131 Å². The van der Waals surface area contributed by atoms with Gasteiger partial charge in [0.25, 0.3) is 0 Å². The Balaban J connectivity index is 2.03. The minimum atomic E-state index is -0.675. The van der Waals surface area contributed by atoms with Gasteiger partial charge in [-0.25, -0.2) is 9.18 Å². The number of ether oxygens (including phenoxy) is 1. The quantitative estimate of drug-likeness (QED) is 0.578. The summed E-state index contributed by atoms with van der Waals surface area (Å²) in [5.74, 6) is 0.885. The van der Waals surface area contributed by atoms with E-state index >= 15 is 0 Å². The van der Waals surface area contributed by atoms with Gasteiger partial charge in [0.05, 0.1) is 11.1 Å². The van der Waals surface area contributed by atoms with Crippen molar-refractivity contribution in [2.24, 2.45) is 10.9 Å². The van der Waals surface area contributed by atoms with Crippen molar-refractivity contribution in [1.82, 2.24) is 0 Å². The van der Waals surface area contributed by atoms with Crippen LogP contribution in [0.1, 0.15) is 44.1 Å². The molecule has 3 rings (SSSR count). The number of hydrogen-bond acceptors (Lipinski definition) is 3. The highest BCUT2D eigenvalue weighted by molar-refractivity contribution is 9.10. The lowest BCUT2D eigenvalue weighted by atomic mass is 9.88. The first-order valence-corrected chi connectivity index (χ1v) is 8.15. The summed E-state index contributed by atoms with van der Waals surface area (Å²) < 4.78 is 20.4. The molecule has 2 aliphatic carbocycles. The molecule has 0 aliphatic heterocycles.